The summed E-state index contributed by atoms with van der Waals surface area (Å²) in [5, 5.41) is 4.12. The van der Waals surface area contributed by atoms with Crippen molar-refractivity contribution in [2.75, 3.05) is 14.2 Å². The molecule has 1 aromatic heterocycles. The number of nitrogens with zero attached hydrogens (tertiary/aromatic N) is 2. The molecule has 0 spiro atoms. The summed E-state index contributed by atoms with van der Waals surface area (Å²) in [6.07, 6.45) is 0. The van der Waals surface area contributed by atoms with Crippen molar-refractivity contribution in [2.24, 2.45) is 5.73 Å². The van der Waals surface area contributed by atoms with E-state index in [2.05, 4.69) is 5.10 Å². The molecule has 7 nitrogen and oxygen atoms in total. The van der Waals surface area contributed by atoms with E-state index >= 15 is 0 Å². The van der Waals surface area contributed by atoms with Gasteiger partial charge in [-0.05, 0) is 24.3 Å². The predicted molar refractivity (Wildman–Crippen MR) is 76.2 cm³/mol. The van der Waals surface area contributed by atoms with Gasteiger partial charge in [-0.25, -0.2) is 4.68 Å². The predicted octanol–water partition coefficient (Wildman–Crippen LogP) is 0.413. The molecular weight excluding hydrogens is 274 g/mol. The first-order chi connectivity index (χ1) is 10.0. The van der Waals surface area contributed by atoms with E-state index in [0.717, 1.165) is 10.2 Å². The third-order valence-electron chi connectivity index (χ3n) is 2.85. The summed E-state index contributed by atoms with van der Waals surface area (Å²) in [5.41, 5.74) is 5.95. The van der Waals surface area contributed by atoms with Crippen molar-refractivity contribution in [1.29, 1.82) is 0 Å². The first-order valence-corrected chi connectivity index (χ1v) is 6.14. The fourth-order valence-electron chi connectivity index (χ4n) is 1.86. The normalized spacial score (nSPS) is 10.2. The molecule has 0 aliphatic heterocycles. The van der Waals surface area contributed by atoms with Crippen molar-refractivity contribution >= 4 is 5.91 Å². The van der Waals surface area contributed by atoms with Crippen LogP contribution in [-0.4, -0.2) is 29.9 Å². The van der Waals surface area contributed by atoms with Crippen LogP contribution in [-0.2, 0) is 11.3 Å². The number of carbonyl (C=O) groups is 1. The van der Waals surface area contributed by atoms with Gasteiger partial charge in [0.05, 0.1) is 19.9 Å². The molecule has 0 atom stereocenters. The highest BCUT2D eigenvalue weighted by Gasteiger charge is 2.09. The Kier molecular flexibility index (Phi) is 4.22. The van der Waals surface area contributed by atoms with Crippen molar-refractivity contribution in [3.63, 3.8) is 0 Å². The third-order valence-corrected chi connectivity index (χ3v) is 2.85. The number of carbonyl (C=O) groups excluding carboxylic acids is 1. The molecule has 2 aromatic rings. The molecule has 0 aliphatic rings. The zero-order valence-corrected chi connectivity index (χ0v) is 11.7. The number of amides is 1. The molecule has 0 radical (unpaired) electrons. The van der Waals surface area contributed by atoms with E-state index in [9.17, 15) is 9.59 Å². The summed E-state index contributed by atoms with van der Waals surface area (Å²) in [7, 11) is 3.08. The lowest BCUT2D eigenvalue weighted by Crippen LogP contribution is -2.29. The number of aromatic nitrogens is 2. The lowest BCUT2D eigenvalue weighted by Gasteiger charge is -2.10. The maximum absolute atomic E-state index is 11.6. The van der Waals surface area contributed by atoms with Gasteiger partial charge in [-0.15, -0.1) is 0 Å². The number of rotatable bonds is 5. The Morgan fingerprint density at radius 3 is 2.52 bits per heavy atom. The largest absolute Gasteiger partial charge is 0.493 e. The van der Waals surface area contributed by atoms with E-state index < -0.39 is 11.5 Å². The van der Waals surface area contributed by atoms with E-state index in [4.69, 9.17) is 15.2 Å². The minimum Gasteiger partial charge on any atom is -0.493 e. The Hall–Kier alpha value is -2.83. The molecule has 0 saturated carbocycles. The third kappa shape index (κ3) is 3.19. The zero-order valence-electron chi connectivity index (χ0n) is 11.7. The molecule has 0 fully saturated rings. The van der Waals surface area contributed by atoms with Gasteiger partial charge in [0, 0.05) is 11.6 Å². The average Bonchev–Trinajstić information content (AvgIpc) is 2.48. The number of nitrogens with two attached hydrogens (primary N) is 1. The quantitative estimate of drug-likeness (QED) is 0.860. The van der Waals surface area contributed by atoms with E-state index in [0.29, 0.717) is 17.2 Å². The molecule has 1 aromatic carbocycles. The van der Waals surface area contributed by atoms with Gasteiger partial charge in [0.2, 0.25) is 5.91 Å². The fraction of sp³-hybridized carbons (Fsp3) is 0.214. The number of ether oxygens (including phenoxy) is 2. The van der Waals surface area contributed by atoms with Gasteiger partial charge in [-0.2, -0.15) is 5.10 Å². The van der Waals surface area contributed by atoms with E-state index in [1.807, 2.05) is 0 Å². The lowest BCUT2D eigenvalue weighted by atomic mass is 10.1. The number of primary amides is 1. The lowest BCUT2D eigenvalue weighted by molar-refractivity contribution is -0.118. The molecular formula is C14H15N3O4. The number of methoxy groups -OCH3 is 2. The summed E-state index contributed by atoms with van der Waals surface area (Å²) >= 11 is 0. The second-order valence-electron chi connectivity index (χ2n) is 4.25. The Morgan fingerprint density at radius 2 is 1.90 bits per heavy atom. The van der Waals surface area contributed by atoms with Crippen molar-refractivity contribution in [3.05, 3.63) is 40.7 Å². The summed E-state index contributed by atoms with van der Waals surface area (Å²) < 4.78 is 11.4. The van der Waals surface area contributed by atoms with Crippen LogP contribution in [0.4, 0.5) is 0 Å². The highest BCUT2D eigenvalue weighted by atomic mass is 16.5. The van der Waals surface area contributed by atoms with Crippen molar-refractivity contribution < 1.29 is 14.3 Å². The van der Waals surface area contributed by atoms with Gasteiger partial charge in [-0.3, -0.25) is 9.59 Å². The Labute approximate surface area is 120 Å². The van der Waals surface area contributed by atoms with Crippen LogP contribution in [0.3, 0.4) is 0 Å². The molecule has 0 saturated heterocycles. The van der Waals surface area contributed by atoms with Crippen LogP contribution in [0.1, 0.15) is 0 Å². The fourth-order valence-corrected chi connectivity index (χ4v) is 1.86. The monoisotopic (exact) mass is 289 g/mol. The maximum Gasteiger partial charge on any atom is 0.267 e. The van der Waals surface area contributed by atoms with Crippen molar-refractivity contribution in [1.82, 2.24) is 9.78 Å². The summed E-state index contributed by atoms with van der Waals surface area (Å²) in [6, 6.07) is 8.16. The average molecular weight is 289 g/mol. The summed E-state index contributed by atoms with van der Waals surface area (Å²) in [5.74, 6) is 0.505. The SMILES string of the molecule is COc1ccc(-c2ccc(=O)n(CC(N)=O)n2)cc1OC. The van der Waals surface area contributed by atoms with Crippen LogP contribution >= 0.6 is 0 Å². The topological polar surface area (TPSA) is 96.4 Å². The molecule has 1 amide bonds. The minimum atomic E-state index is -0.630. The Bertz CT molecular complexity index is 724. The Morgan fingerprint density at radius 1 is 1.19 bits per heavy atom. The number of hydrogen-bond acceptors (Lipinski definition) is 5. The maximum atomic E-state index is 11.6. The standard InChI is InChI=1S/C14H15N3O4/c1-20-11-5-3-9(7-12(11)21-2)10-4-6-14(19)17(16-10)8-13(15)18/h3-7H,8H2,1-2H3,(H2,15,18). The first-order valence-electron chi connectivity index (χ1n) is 6.14. The molecule has 0 aliphatic carbocycles. The zero-order chi connectivity index (χ0) is 15.4. The molecule has 0 unspecified atom stereocenters. The summed E-state index contributed by atoms with van der Waals surface area (Å²) in [6.45, 7) is -0.264. The molecule has 0 bridgehead atoms. The van der Waals surface area contributed by atoms with Gasteiger partial charge in [0.1, 0.15) is 6.54 Å². The summed E-state index contributed by atoms with van der Waals surface area (Å²) in [4.78, 5) is 22.5. The van der Waals surface area contributed by atoms with E-state index in [-0.39, 0.29) is 6.54 Å². The second kappa shape index (κ2) is 6.08. The molecule has 110 valence electrons. The smallest absolute Gasteiger partial charge is 0.267 e. The van der Waals surface area contributed by atoms with Crippen molar-refractivity contribution in [2.45, 2.75) is 6.54 Å². The first kappa shape index (κ1) is 14.6. The Balaban J connectivity index is 2.47. The van der Waals surface area contributed by atoms with Gasteiger partial charge in [0.15, 0.2) is 11.5 Å². The number of benzene rings is 1. The van der Waals surface area contributed by atoms with Crippen LogP contribution < -0.4 is 20.8 Å². The molecule has 2 rings (SSSR count). The number of hydrogen-bond donors (Lipinski definition) is 1. The van der Waals surface area contributed by atoms with E-state index in [1.54, 1.807) is 31.4 Å². The van der Waals surface area contributed by atoms with Gasteiger partial charge < -0.3 is 15.2 Å². The molecule has 21 heavy (non-hydrogen) atoms. The van der Waals surface area contributed by atoms with Crippen LogP contribution in [0.15, 0.2) is 35.1 Å². The van der Waals surface area contributed by atoms with Crippen LogP contribution in [0, 0.1) is 0 Å². The highest BCUT2D eigenvalue weighted by molar-refractivity contribution is 5.73. The molecule has 2 N–H and O–H groups in total. The second-order valence-corrected chi connectivity index (χ2v) is 4.25. The van der Waals surface area contributed by atoms with Crippen molar-refractivity contribution in [3.8, 4) is 22.8 Å². The van der Waals surface area contributed by atoms with Crippen LogP contribution in [0.2, 0.25) is 0 Å². The van der Waals surface area contributed by atoms with Crippen LogP contribution in [0.25, 0.3) is 11.3 Å². The minimum absolute atomic E-state index is 0.264. The van der Waals surface area contributed by atoms with Crippen LogP contribution in [0.5, 0.6) is 11.5 Å². The molecule has 7 heteroatoms. The van der Waals surface area contributed by atoms with Gasteiger partial charge in [0.25, 0.3) is 5.56 Å². The molecule has 1 heterocycles. The highest BCUT2D eigenvalue weighted by Crippen LogP contribution is 2.31. The van der Waals surface area contributed by atoms with Gasteiger partial charge in [-0.1, -0.05) is 0 Å². The van der Waals surface area contributed by atoms with E-state index in [1.165, 1.54) is 13.2 Å². The van der Waals surface area contributed by atoms with Gasteiger partial charge >= 0.3 is 0 Å².